The Balaban J connectivity index is 1.38. The maximum Gasteiger partial charge on any atom is 0.414 e. The Bertz CT molecular complexity index is 1580. The van der Waals surface area contributed by atoms with Gasteiger partial charge < -0.3 is 20.8 Å². The summed E-state index contributed by atoms with van der Waals surface area (Å²) in [5, 5.41) is 2.69. The van der Waals surface area contributed by atoms with Crippen molar-refractivity contribution in [2.24, 2.45) is 5.73 Å². The number of ether oxygens (including phenoxy) is 1. The summed E-state index contributed by atoms with van der Waals surface area (Å²) in [5.41, 5.74) is 7.00. The number of carbonyl (C=O) groups is 3. The molecule has 0 spiro atoms. The quantitative estimate of drug-likeness (QED) is 0.319. The Morgan fingerprint density at radius 1 is 1.18 bits per heavy atom. The highest BCUT2D eigenvalue weighted by Gasteiger charge is 2.37. The van der Waals surface area contributed by atoms with Crippen LogP contribution in [-0.4, -0.2) is 46.4 Å². The smallest absolute Gasteiger partial charge is 0.414 e. The number of hydrogen-bond donors (Lipinski definition) is 4. The van der Waals surface area contributed by atoms with Crippen LogP contribution >= 0.6 is 0 Å². The lowest BCUT2D eigenvalue weighted by Gasteiger charge is -2.16. The number of amides is 2. The number of rotatable bonds is 8. The molecule has 0 bridgehead atoms. The molecule has 0 radical (unpaired) electrons. The standard InChI is InChI=1S/C27H26FN5O6/c1-14-19(25(36)32-26(37)31-14)9-10-23(35)30-12-16-3-5-17(6-4-16)20-8-7-18(11-21(20)28)33-13-22(39-27(33)38)24(29)15(2)34/h3-11,22,24H,12-13,29H2,1-2H3,(H,30,35)(H2,31,32,36,37)/b10-9+/t22?,24-/m1/s1. The van der Waals surface area contributed by atoms with Crippen LogP contribution in [0.4, 0.5) is 14.9 Å². The second-order valence-corrected chi connectivity index (χ2v) is 9.03. The van der Waals surface area contributed by atoms with E-state index in [4.69, 9.17) is 10.5 Å². The van der Waals surface area contributed by atoms with Gasteiger partial charge in [-0.2, -0.15) is 0 Å². The first-order valence-corrected chi connectivity index (χ1v) is 12.0. The van der Waals surface area contributed by atoms with Gasteiger partial charge in [-0.25, -0.2) is 14.0 Å². The highest BCUT2D eigenvalue weighted by atomic mass is 19.1. The second kappa shape index (κ2) is 11.3. The third-order valence-electron chi connectivity index (χ3n) is 6.28. The van der Waals surface area contributed by atoms with Crippen LogP contribution in [0.3, 0.4) is 0 Å². The van der Waals surface area contributed by atoms with Crippen molar-refractivity contribution in [2.75, 3.05) is 11.4 Å². The van der Waals surface area contributed by atoms with Crippen molar-refractivity contribution in [1.82, 2.24) is 15.3 Å². The van der Waals surface area contributed by atoms with Gasteiger partial charge in [0.2, 0.25) is 5.91 Å². The minimum Gasteiger partial charge on any atom is -0.442 e. The summed E-state index contributed by atoms with van der Waals surface area (Å²) in [4.78, 5) is 64.8. The van der Waals surface area contributed by atoms with E-state index in [0.717, 1.165) is 5.56 Å². The molecular formula is C27H26FN5O6. The lowest BCUT2D eigenvalue weighted by atomic mass is 10.0. The molecule has 2 amide bonds. The van der Waals surface area contributed by atoms with Crippen LogP contribution in [0.25, 0.3) is 17.2 Å². The number of carbonyl (C=O) groups excluding carboxylic acids is 3. The highest BCUT2D eigenvalue weighted by Crippen LogP contribution is 2.29. The Morgan fingerprint density at radius 3 is 2.54 bits per heavy atom. The molecule has 11 nitrogen and oxygen atoms in total. The molecule has 0 aliphatic carbocycles. The summed E-state index contributed by atoms with van der Waals surface area (Å²) in [6, 6.07) is 10.2. The summed E-state index contributed by atoms with van der Waals surface area (Å²) < 4.78 is 20.2. The molecule has 1 aromatic heterocycles. The lowest BCUT2D eigenvalue weighted by molar-refractivity contribution is -0.120. The minimum absolute atomic E-state index is 0.0366. The van der Waals surface area contributed by atoms with Gasteiger partial charge in [-0.05, 0) is 49.2 Å². The van der Waals surface area contributed by atoms with Crippen molar-refractivity contribution < 1.29 is 23.5 Å². The number of Topliss-reactive ketones (excluding diaryl/α,β-unsaturated/α-hetero) is 1. The number of benzene rings is 2. The molecule has 1 aliphatic rings. The largest absolute Gasteiger partial charge is 0.442 e. The van der Waals surface area contributed by atoms with Crippen LogP contribution in [0.15, 0.2) is 58.1 Å². The zero-order chi connectivity index (χ0) is 28.3. The van der Waals surface area contributed by atoms with E-state index >= 15 is 0 Å². The Hall–Kier alpha value is -4.84. The summed E-state index contributed by atoms with van der Waals surface area (Å²) in [7, 11) is 0. The number of nitrogens with two attached hydrogens (primary N) is 1. The van der Waals surface area contributed by atoms with E-state index < -0.39 is 41.2 Å². The van der Waals surface area contributed by atoms with Crippen LogP contribution in [0, 0.1) is 12.7 Å². The molecule has 5 N–H and O–H groups in total. The molecule has 1 saturated heterocycles. The summed E-state index contributed by atoms with van der Waals surface area (Å²) in [6.07, 6.45) is 0.991. The molecule has 1 aliphatic heterocycles. The number of aryl methyl sites for hydroxylation is 1. The molecule has 2 aromatic carbocycles. The van der Waals surface area contributed by atoms with E-state index in [9.17, 15) is 28.4 Å². The van der Waals surface area contributed by atoms with Crippen LogP contribution in [0.2, 0.25) is 0 Å². The van der Waals surface area contributed by atoms with Crippen molar-refractivity contribution in [3.63, 3.8) is 0 Å². The Kier molecular flexibility index (Phi) is 7.86. The first-order chi connectivity index (χ1) is 18.5. The van der Waals surface area contributed by atoms with E-state index in [1.54, 1.807) is 37.3 Å². The van der Waals surface area contributed by atoms with Gasteiger partial charge >= 0.3 is 11.8 Å². The average Bonchev–Trinajstić information content (AvgIpc) is 3.28. The van der Waals surface area contributed by atoms with Crippen LogP contribution in [0.1, 0.15) is 23.7 Å². The number of nitrogens with one attached hydrogen (secondary N) is 3. The van der Waals surface area contributed by atoms with Gasteiger partial charge in [0.15, 0.2) is 0 Å². The van der Waals surface area contributed by atoms with Gasteiger partial charge in [-0.1, -0.05) is 24.3 Å². The predicted octanol–water partition coefficient (Wildman–Crippen LogP) is 1.75. The molecule has 0 saturated carbocycles. The normalized spacial score (nSPS) is 15.8. The van der Waals surface area contributed by atoms with Crippen LogP contribution in [0.5, 0.6) is 0 Å². The molecular weight excluding hydrogens is 509 g/mol. The van der Waals surface area contributed by atoms with E-state index in [-0.39, 0.29) is 30.1 Å². The fraction of sp³-hybridized carbons (Fsp3) is 0.222. The topological polar surface area (TPSA) is 167 Å². The number of aromatic nitrogens is 2. The van der Waals surface area contributed by atoms with Crippen LogP contribution in [-0.2, 0) is 20.9 Å². The Labute approximate surface area is 221 Å². The summed E-state index contributed by atoms with van der Waals surface area (Å²) in [5.74, 6) is -1.32. The first kappa shape index (κ1) is 27.2. The maximum absolute atomic E-state index is 15.0. The number of halogens is 1. The maximum atomic E-state index is 15.0. The van der Waals surface area contributed by atoms with E-state index in [1.165, 1.54) is 36.1 Å². The number of cyclic esters (lactones) is 1. The molecule has 1 fully saturated rings. The molecule has 4 rings (SSSR count). The molecule has 202 valence electrons. The lowest BCUT2D eigenvalue weighted by Crippen LogP contribution is -2.43. The molecule has 2 atom stereocenters. The SMILES string of the molecule is CC(=O)[C@@H](N)C1CN(c2ccc(-c3ccc(CNC(=O)/C=C/c4c(C)[nH]c(=O)[nH]c4=O)cc3)c(F)c2)C(=O)O1. The molecule has 2 heterocycles. The summed E-state index contributed by atoms with van der Waals surface area (Å²) in [6.45, 7) is 3.09. The van der Waals surface area contributed by atoms with Gasteiger partial charge in [-0.15, -0.1) is 0 Å². The van der Waals surface area contributed by atoms with Gasteiger partial charge in [0, 0.05) is 23.9 Å². The summed E-state index contributed by atoms with van der Waals surface area (Å²) >= 11 is 0. The van der Waals surface area contributed by atoms with E-state index in [1.807, 2.05) is 0 Å². The monoisotopic (exact) mass is 535 g/mol. The van der Waals surface area contributed by atoms with Crippen molar-refractivity contribution in [3.05, 3.63) is 92.0 Å². The average molecular weight is 536 g/mol. The van der Waals surface area contributed by atoms with Gasteiger partial charge in [-0.3, -0.25) is 24.3 Å². The van der Waals surface area contributed by atoms with Crippen LogP contribution < -0.4 is 27.2 Å². The highest BCUT2D eigenvalue weighted by molar-refractivity contribution is 5.92. The molecule has 3 aromatic rings. The zero-order valence-corrected chi connectivity index (χ0v) is 21.1. The third-order valence-corrected chi connectivity index (χ3v) is 6.28. The zero-order valence-electron chi connectivity index (χ0n) is 21.1. The van der Waals surface area contributed by atoms with Gasteiger partial charge in [0.1, 0.15) is 23.7 Å². The number of H-pyrrole nitrogens is 2. The number of ketones is 1. The first-order valence-electron chi connectivity index (χ1n) is 12.0. The van der Waals surface area contributed by atoms with E-state index in [0.29, 0.717) is 16.8 Å². The molecule has 1 unspecified atom stereocenters. The second-order valence-electron chi connectivity index (χ2n) is 9.03. The number of aromatic amines is 2. The van der Waals surface area contributed by atoms with Crippen molar-refractivity contribution in [2.45, 2.75) is 32.5 Å². The van der Waals surface area contributed by atoms with Crippen molar-refractivity contribution >= 4 is 29.5 Å². The fourth-order valence-electron chi connectivity index (χ4n) is 4.07. The Morgan fingerprint density at radius 2 is 1.90 bits per heavy atom. The minimum atomic E-state index is -0.952. The number of anilines is 1. The van der Waals surface area contributed by atoms with Gasteiger partial charge in [0.05, 0.1) is 17.8 Å². The molecule has 12 heteroatoms. The van der Waals surface area contributed by atoms with Gasteiger partial charge in [0.25, 0.3) is 5.56 Å². The van der Waals surface area contributed by atoms with Crippen molar-refractivity contribution in [1.29, 1.82) is 0 Å². The van der Waals surface area contributed by atoms with Crippen molar-refractivity contribution in [3.8, 4) is 11.1 Å². The third kappa shape index (κ3) is 6.18. The predicted molar refractivity (Wildman–Crippen MR) is 141 cm³/mol. The molecule has 39 heavy (non-hydrogen) atoms. The number of hydrogen-bond acceptors (Lipinski definition) is 7. The fourth-order valence-corrected chi connectivity index (χ4v) is 4.07. The van der Waals surface area contributed by atoms with E-state index in [2.05, 4.69) is 15.3 Å². The number of nitrogens with zero attached hydrogens (tertiary/aromatic N) is 1.